The van der Waals surface area contributed by atoms with E-state index in [4.69, 9.17) is 26.8 Å². The Morgan fingerprint density at radius 3 is 2.34 bits per heavy atom. The van der Waals surface area contributed by atoms with Crippen LogP contribution in [0.3, 0.4) is 0 Å². The van der Waals surface area contributed by atoms with Crippen LogP contribution in [0.1, 0.15) is 44.7 Å². The summed E-state index contributed by atoms with van der Waals surface area (Å²) in [7, 11) is 3.61. The number of ether oxygens (including phenoxy) is 2. The first-order chi connectivity index (χ1) is 32.5. The number of primary amides is 1. The fraction of sp³-hybridized carbons (Fsp3) is 0.220. The number of amides is 4. The van der Waals surface area contributed by atoms with Gasteiger partial charge in [-0.05, 0) is 105 Å². The Morgan fingerprint density at radius 1 is 0.836 bits per heavy atom. The summed E-state index contributed by atoms with van der Waals surface area (Å²) in [5.74, 6) is 0.972. The number of benzene rings is 4. The van der Waals surface area contributed by atoms with Gasteiger partial charge in [-0.3, -0.25) is 24.5 Å². The zero-order valence-electron chi connectivity index (χ0n) is 37.3. The molecule has 4 aromatic carbocycles. The topological polar surface area (TPSA) is 202 Å². The highest BCUT2D eigenvalue weighted by molar-refractivity contribution is 6.33. The third-order valence-corrected chi connectivity index (χ3v) is 11.5. The van der Waals surface area contributed by atoms with Crippen molar-refractivity contribution >= 4 is 63.4 Å². The van der Waals surface area contributed by atoms with Crippen LogP contribution >= 0.6 is 11.6 Å². The molecule has 3 aromatic heterocycles. The minimum atomic E-state index is -0.619. The molecule has 1 aliphatic carbocycles. The van der Waals surface area contributed by atoms with E-state index in [1.54, 1.807) is 61.2 Å². The second-order valence-electron chi connectivity index (χ2n) is 16.3. The molecule has 7 aromatic rings. The minimum Gasteiger partial charge on any atom is -0.496 e. The number of carbonyl (C=O) groups is 3. The van der Waals surface area contributed by atoms with Crippen LogP contribution in [0.2, 0.25) is 5.02 Å². The molecule has 0 atom stereocenters. The summed E-state index contributed by atoms with van der Waals surface area (Å²) < 4.78 is 11.2. The van der Waals surface area contributed by atoms with Crippen molar-refractivity contribution in [1.29, 1.82) is 0 Å². The number of methoxy groups -OCH3 is 1. The molecule has 0 radical (unpaired) electrons. The molecule has 342 valence electrons. The number of likely N-dealkylation sites (N-methyl/N-ethyl adjacent to an activating group) is 1. The number of aryl methyl sites for hydroxylation is 1. The highest BCUT2D eigenvalue weighted by Crippen LogP contribution is 2.35. The quantitative estimate of drug-likeness (QED) is 0.0738. The van der Waals surface area contributed by atoms with Gasteiger partial charge < -0.3 is 41.4 Å². The van der Waals surface area contributed by atoms with E-state index in [1.807, 2.05) is 67.6 Å². The van der Waals surface area contributed by atoms with Crippen molar-refractivity contribution < 1.29 is 23.9 Å². The van der Waals surface area contributed by atoms with Crippen molar-refractivity contribution in [2.24, 2.45) is 5.73 Å². The smallest absolute Gasteiger partial charge is 0.319 e. The minimum absolute atomic E-state index is 0.143. The van der Waals surface area contributed by atoms with Gasteiger partial charge in [0.05, 0.1) is 34.6 Å². The van der Waals surface area contributed by atoms with E-state index in [-0.39, 0.29) is 23.5 Å². The number of pyridine rings is 2. The van der Waals surface area contributed by atoms with Gasteiger partial charge in [0.1, 0.15) is 17.2 Å². The standard InChI is InChI=1S/C29H31N7O.C21H19ClN4O4/c1-21-5-10-25(18-27(21)34-29-31-13-11-26(33-29)24-4-3-12-30-19-24)32-28(37)23-8-6-22(7-9-23)20-36-16-14-35(2)15-17-36;1-29-19-10-17-13(9-14(19)20(23)27)18(6-7-24-17)30-12-4-5-16(15(22)8-12)26-21(28)25-11-2-3-11/h3-13,18-19H,14-17,20H2,1-2H3,(H,32,37)(H,31,33,34);4-11H,2-3H2,1H3,(H2,23,27)(H2,25,26,28). The Kier molecular flexibility index (Phi) is 14.5. The summed E-state index contributed by atoms with van der Waals surface area (Å²) in [6, 6.07) is 29.1. The Hall–Kier alpha value is -7.66. The summed E-state index contributed by atoms with van der Waals surface area (Å²) in [4.78, 5) is 58.8. The lowest BCUT2D eigenvalue weighted by Gasteiger charge is -2.32. The van der Waals surface area contributed by atoms with Crippen LogP contribution in [0.5, 0.6) is 17.2 Å². The van der Waals surface area contributed by atoms with Crippen LogP contribution in [0.15, 0.2) is 122 Å². The largest absolute Gasteiger partial charge is 0.496 e. The van der Waals surface area contributed by atoms with Gasteiger partial charge in [0, 0.05) is 104 Å². The third-order valence-electron chi connectivity index (χ3n) is 11.2. The van der Waals surface area contributed by atoms with Gasteiger partial charge in [0.2, 0.25) is 5.95 Å². The molecule has 2 fully saturated rings. The summed E-state index contributed by atoms with van der Waals surface area (Å²) in [6.07, 6.45) is 8.80. The molecule has 4 amide bonds. The Morgan fingerprint density at radius 2 is 1.63 bits per heavy atom. The molecular weight excluding hydrogens is 870 g/mol. The van der Waals surface area contributed by atoms with Gasteiger partial charge in [-0.15, -0.1) is 0 Å². The first-order valence-corrected chi connectivity index (χ1v) is 22.1. The summed E-state index contributed by atoms with van der Waals surface area (Å²) in [5.41, 5.74) is 12.8. The number of hydrogen-bond donors (Lipinski definition) is 5. The monoisotopic (exact) mass is 919 g/mol. The third kappa shape index (κ3) is 12.2. The molecule has 1 saturated carbocycles. The van der Waals surface area contributed by atoms with Gasteiger partial charge in [0.15, 0.2) is 0 Å². The maximum atomic E-state index is 12.9. The zero-order chi connectivity index (χ0) is 46.9. The zero-order valence-corrected chi connectivity index (χ0v) is 38.0. The second-order valence-corrected chi connectivity index (χ2v) is 16.7. The van der Waals surface area contributed by atoms with Crippen LogP contribution < -0.4 is 36.5 Å². The van der Waals surface area contributed by atoms with Gasteiger partial charge in [-0.1, -0.05) is 29.8 Å². The average Bonchev–Trinajstić information content (AvgIpc) is 4.16. The first kappa shape index (κ1) is 45.9. The molecule has 6 N–H and O–H groups in total. The van der Waals surface area contributed by atoms with E-state index < -0.39 is 5.91 Å². The number of anilines is 4. The number of hydrogen-bond acceptors (Lipinski definition) is 12. The molecule has 9 rings (SSSR count). The van der Waals surface area contributed by atoms with Gasteiger partial charge in [0.25, 0.3) is 11.8 Å². The number of aromatic nitrogens is 4. The summed E-state index contributed by atoms with van der Waals surface area (Å²) >= 11 is 6.30. The van der Waals surface area contributed by atoms with E-state index >= 15 is 0 Å². The van der Waals surface area contributed by atoms with E-state index in [2.05, 4.69) is 58.1 Å². The number of nitrogens with one attached hydrogen (secondary N) is 4. The fourth-order valence-corrected chi connectivity index (χ4v) is 7.45. The van der Waals surface area contributed by atoms with E-state index in [9.17, 15) is 14.4 Å². The van der Waals surface area contributed by atoms with Crippen molar-refractivity contribution in [3.05, 3.63) is 149 Å². The predicted molar refractivity (Wildman–Crippen MR) is 260 cm³/mol. The predicted octanol–water partition coefficient (Wildman–Crippen LogP) is 8.66. The lowest BCUT2D eigenvalue weighted by Crippen LogP contribution is -2.43. The number of piperazine rings is 1. The Balaban J connectivity index is 0.000000186. The van der Waals surface area contributed by atoms with Gasteiger partial charge in [-0.2, -0.15) is 0 Å². The second kappa shape index (κ2) is 21.1. The van der Waals surface area contributed by atoms with Crippen LogP contribution in [-0.2, 0) is 6.54 Å². The fourth-order valence-electron chi connectivity index (χ4n) is 7.24. The van der Waals surface area contributed by atoms with Crippen molar-refractivity contribution in [1.82, 2.24) is 35.1 Å². The lowest BCUT2D eigenvalue weighted by molar-refractivity contribution is 0.0995. The number of fused-ring (bicyclic) bond motifs is 1. The Bertz CT molecular complexity index is 2890. The molecule has 16 nitrogen and oxygen atoms in total. The van der Waals surface area contributed by atoms with Crippen molar-refractivity contribution in [2.45, 2.75) is 32.4 Å². The summed E-state index contributed by atoms with van der Waals surface area (Å²) in [6.45, 7) is 7.24. The number of nitrogens with zero attached hydrogens (tertiary/aromatic N) is 6. The number of rotatable bonds is 13. The molecule has 67 heavy (non-hydrogen) atoms. The Labute approximate surface area is 392 Å². The molecule has 0 unspecified atom stereocenters. The lowest BCUT2D eigenvalue weighted by atomic mass is 10.1. The molecule has 2 aliphatic rings. The maximum Gasteiger partial charge on any atom is 0.319 e. The number of carbonyl (C=O) groups excluding carboxylic acids is 3. The SMILES string of the molecule is COc1cc2nccc(Oc3ccc(NC(=O)NC4CC4)c(Cl)c3)c2cc1C(N)=O.Cc1ccc(NC(=O)c2ccc(CN3CCN(C)CC3)cc2)cc1Nc1nccc(-c2cccnc2)n1. The van der Waals surface area contributed by atoms with Gasteiger partial charge >= 0.3 is 6.03 Å². The molecule has 4 heterocycles. The maximum absolute atomic E-state index is 12.9. The van der Waals surface area contributed by atoms with Crippen LogP contribution in [0, 0.1) is 6.92 Å². The highest BCUT2D eigenvalue weighted by Gasteiger charge is 2.24. The molecule has 0 bridgehead atoms. The number of urea groups is 1. The van der Waals surface area contributed by atoms with E-state index in [0.717, 1.165) is 68.1 Å². The van der Waals surface area contributed by atoms with Gasteiger partial charge in [-0.25, -0.2) is 14.8 Å². The van der Waals surface area contributed by atoms with E-state index in [1.165, 1.54) is 12.7 Å². The van der Waals surface area contributed by atoms with Crippen molar-refractivity contribution in [2.75, 3.05) is 56.3 Å². The first-order valence-electron chi connectivity index (χ1n) is 21.7. The highest BCUT2D eigenvalue weighted by atomic mass is 35.5. The number of halogens is 1. The molecule has 1 saturated heterocycles. The van der Waals surface area contributed by atoms with Crippen molar-refractivity contribution in [3.8, 4) is 28.5 Å². The molecule has 1 aliphatic heterocycles. The van der Waals surface area contributed by atoms with Crippen molar-refractivity contribution in [3.63, 3.8) is 0 Å². The number of nitrogens with two attached hydrogens (primary N) is 1. The average molecular weight is 920 g/mol. The molecule has 17 heteroatoms. The van der Waals surface area contributed by atoms with E-state index in [0.29, 0.717) is 56.1 Å². The summed E-state index contributed by atoms with van der Waals surface area (Å²) in [5, 5.41) is 12.8. The molecular formula is C50H50ClN11O5. The van der Waals surface area contributed by atoms with Crippen LogP contribution in [0.25, 0.3) is 22.2 Å². The van der Waals surface area contributed by atoms with Crippen LogP contribution in [0.4, 0.5) is 27.8 Å². The van der Waals surface area contributed by atoms with Crippen LogP contribution in [-0.4, -0.2) is 94.0 Å². The normalized spacial score (nSPS) is 13.7. The molecule has 0 spiro atoms.